The number of amides is 1. The van der Waals surface area contributed by atoms with Crippen molar-refractivity contribution in [1.29, 1.82) is 0 Å². The molecular formula is C37H54N8O4. The second-order valence-electron chi connectivity index (χ2n) is 14.7. The van der Waals surface area contributed by atoms with Gasteiger partial charge in [0.15, 0.2) is 0 Å². The van der Waals surface area contributed by atoms with Crippen molar-refractivity contribution in [2.24, 2.45) is 0 Å². The molecule has 1 N–H and O–H groups in total. The average Bonchev–Trinajstić information content (AvgIpc) is 3.24. The Morgan fingerprint density at radius 3 is 2.33 bits per heavy atom. The monoisotopic (exact) mass is 674 g/mol. The topological polar surface area (TPSA) is 116 Å². The van der Waals surface area contributed by atoms with Crippen molar-refractivity contribution in [3.05, 3.63) is 60.4 Å². The highest BCUT2D eigenvalue weighted by molar-refractivity contribution is 5.72. The van der Waals surface area contributed by atoms with E-state index in [1.54, 1.807) is 18.1 Å². The van der Waals surface area contributed by atoms with Crippen molar-refractivity contribution >= 4 is 29.5 Å². The number of anilines is 3. The minimum Gasteiger partial charge on any atom is -0.459 e. The SMILES string of the molecule is CN(CCCN(C)c1ccc(-c2ccnc(Nc3cccc(CN4CCCN(CC(=O)OC(C)(C)C)CC4)c3)n2)cn1)C(=O)OC(C)(C)C. The number of rotatable bonds is 12. The number of ether oxygens (including phenoxy) is 2. The van der Waals surface area contributed by atoms with Gasteiger partial charge in [0.2, 0.25) is 5.95 Å². The maximum Gasteiger partial charge on any atom is 0.410 e. The van der Waals surface area contributed by atoms with Gasteiger partial charge in [0.05, 0.1) is 12.2 Å². The molecule has 266 valence electrons. The zero-order chi connectivity index (χ0) is 35.6. The van der Waals surface area contributed by atoms with Gasteiger partial charge in [0.1, 0.15) is 17.0 Å². The molecule has 0 aliphatic carbocycles. The van der Waals surface area contributed by atoms with E-state index in [1.165, 1.54) is 5.56 Å². The Bertz CT molecular complexity index is 1520. The quantitative estimate of drug-likeness (QED) is 0.234. The van der Waals surface area contributed by atoms with Gasteiger partial charge in [-0.25, -0.2) is 19.7 Å². The highest BCUT2D eigenvalue weighted by Gasteiger charge is 2.22. The molecule has 2 aromatic heterocycles. The van der Waals surface area contributed by atoms with Crippen LogP contribution >= 0.6 is 0 Å². The van der Waals surface area contributed by atoms with Crippen LogP contribution in [-0.4, -0.2) is 113 Å². The van der Waals surface area contributed by atoms with E-state index in [-0.39, 0.29) is 12.1 Å². The molecule has 0 radical (unpaired) electrons. The summed E-state index contributed by atoms with van der Waals surface area (Å²) >= 11 is 0. The normalized spacial score (nSPS) is 14.5. The molecule has 0 spiro atoms. The summed E-state index contributed by atoms with van der Waals surface area (Å²) in [4.78, 5) is 46.7. The molecule has 1 amide bonds. The zero-order valence-electron chi connectivity index (χ0n) is 30.5. The number of pyridine rings is 1. The van der Waals surface area contributed by atoms with E-state index in [4.69, 9.17) is 14.5 Å². The second-order valence-corrected chi connectivity index (χ2v) is 14.7. The number of nitrogens with one attached hydrogen (secondary N) is 1. The predicted octanol–water partition coefficient (Wildman–Crippen LogP) is 5.82. The first-order chi connectivity index (χ1) is 23.1. The van der Waals surface area contributed by atoms with E-state index in [2.05, 4.69) is 42.1 Å². The lowest BCUT2D eigenvalue weighted by Gasteiger charge is -2.25. The van der Waals surface area contributed by atoms with Crippen LogP contribution in [0.2, 0.25) is 0 Å². The molecule has 0 bridgehead atoms. The van der Waals surface area contributed by atoms with Crippen LogP contribution in [-0.2, 0) is 20.8 Å². The number of hydrogen-bond acceptors (Lipinski definition) is 11. The van der Waals surface area contributed by atoms with Crippen molar-refractivity contribution in [2.45, 2.75) is 72.1 Å². The van der Waals surface area contributed by atoms with Gasteiger partial charge in [-0.05, 0) is 96.8 Å². The number of nitrogens with zero attached hydrogens (tertiary/aromatic N) is 7. The Balaban J connectivity index is 1.28. The van der Waals surface area contributed by atoms with E-state index in [0.29, 0.717) is 19.0 Å². The fraction of sp³-hybridized carbons (Fsp3) is 0.541. The molecule has 1 aliphatic rings. The third-order valence-corrected chi connectivity index (χ3v) is 7.83. The van der Waals surface area contributed by atoms with Crippen molar-refractivity contribution < 1.29 is 19.1 Å². The second kappa shape index (κ2) is 16.9. The summed E-state index contributed by atoms with van der Waals surface area (Å²) in [5.41, 5.74) is 2.81. The molecule has 1 saturated heterocycles. The van der Waals surface area contributed by atoms with Crippen LogP contribution in [0.5, 0.6) is 0 Å². The third-order valence-electron chi connectivity index (χ3n) is 7.83. The van der Waals surface area contributed by atoms with Crippen LogP contribution in [0, 0.1) is 0 Å². The van der Waals surface area contributed by atoms with Gasteiger partial charge in [-0.15, -0.1) is 0 Å². The Labute approximate surface area is 291 Å². The summed E-state index contributed by atoms with van der Waals surface area (Å²) in [7, 11) is 3.75. The predicted molar refractivity (Wildman–Crippen MR) is 194 cm³/mol. The summed E-state index contributed by atoms with van der Waals surface area (Å²) in [6.45, 7) is 17.4. The summed E-state index contributed by atoms with van der Waals surface area (Å²) < 4.78 is 10.9. The lowest BCUT2D eigenvalue weighted by Crippen LogP contribution is -2.37. The summed E-state index contributed by atoms with van der Waals surface area (Å²) in [6, 6.07) is 14.2. The number of benzene rings is 1. The lowest BCUT2D eigenvalue weighted by atomic mass is 10.2. The van der Waals surface area contributed by atoms with E-state index >= 15 is 0 Å². The van der Waals surface area contributed by atoms with Crippen LogP contribution in [0.25, 0.3) is 11.3 Å². The highest BCUT2D eigenvalue weighted by Crippen LogP contribution is 2.22. The van der Waals surface area contributed by atoms with Crippen LogP contribution in [0.3, 0.4) is 0 Å². The van der Waals surface area contributed by atoms with E-state index < -0.39 is 11.2 Å². The van der Waals surface area contributed by atoms with Gasteiger partial charge in [0, 0.05) is 77.0 Å². The Hall–Kier alpha value is -4.29. The Kier molecular flexibility index (Phi) is 12.9. The number of carbonyl (C=O) groups is 2. The molecule has 0 atom stereocenters. The molecule has 0 saturated carbocycles. The maximum absolute atomic E-state index is 12.3. The van der Waals surface area contributed by atoms with Gasteiger partial charge >= 0.3 is 12.1 Å². The molecular weight excluding hydrogens is 620 g/mol. The summed E-state index contributed by atoms with van der Waals surface area (Å²) in [5.74, 6) is 1.19. The molecule has 1 fully saturated rings. The first-order valence-corrected chi connectivity index (χ1v) is 17.1. The lowest BCUT2D eigenvalue weighted by molar-refractivity contribution is -0.156. The molecule has 12 heteroatoms. The standard InChI is InChI=1S/C37H54N8O4/c1-36(2,3)48-33(46)27-45-21-11-20-44(22-23-45)26-28-12-9-13-30(24-28)40-34-38-17-16-31(41-34)29-14-15-32(39-25-29)42(7)18-10-19-43(8)35(47)49-37(4,5)6/h9,12-17,24-25H,10-11,18-23,26-27H2,1-8H3,(H,38,40,41). The smallest absolute Gasteiger partial charge is 0.410 e. The largest absolute Gasteiger partial charge is 0.459 e. The minimum absolute atomic E-state index is 0.166. The molecule has 49 heavy (non-hydrogen) atoms. The molecule has 3 heterocycles. The van der Waals surface area contributed by atoms with E-state index in [0.717, 1.165) is 74.9 Å². The summed E-state index contributed by atoms with van der Waals surface area (Å²) in [6.07, 6.45) is 5.03. The van der Waals surface area contributed by atoms with Crippen molar-refractivity contribution in [2.75, 3.05) is 70.1 Å². The van der Waals surface area contributed by atoms with Crippen LogP contribution < -0.4 is 10.2 Å². The van der Waals surface area contributed by atoms with Gasteiger partial charge < -0.3 is 24.6 Å². The molecule has 0 unspecified atom stereocenters. The number of hydrogen-bond donors (Lipinski definition) is 1. The molecule has 3 aromatic rings. The van der Waals surface area contributed by atoms with Crippen molar-refractivity contribution in [3.8, 4) is 11.3 Å². The van der Waals surface area contributed by atoms with Gasteiger partial charge in [-0.2, -0.15) is 0 Å². The third kappa shape index (κ3) is 12.9. The Morgan fingerprint density at radius 2 is 1.61 bits per heavy atom. The van der Waals surface area contributed by atoms with Gasteiger partial charge in [0.25, 0.3) is 0 Å². The molecule has 4 rings (SSSR count). The average molecular weight is 675 g/mol. The first-order valence-electron chi connectivity index (χ1n) is 17.1. The van der Waals surface area contributed by atoms with Gasteiger partial charge in [-0.1, -0.05) is 12.1 Å². The van der Waals surface area contributed by atoms with Crippen LogP contribution in [0.4, 0.5) is 22.2 Å². The van der Waals surface area contributed by atoms with E-state index in [9.17, 15) is 9.59 Å². The number of carbonyl (C=O) groups excluding carboxylic acids is 2. The fourth-order valence-electron chi connectivity index (χ4n) is 5.47. The summed E-state index contributed by atoms with van der Waals surface area (Å²) in [5, 5.41) is 3.37. The van der Waals surface area contributed by atoms with Crippen LogP contribution in [0.1, 0.15) is 59.9 Å². The Morgan fingerprint density at radius 1 is 0.878 bits per heavy atom. The van der Waals surface area contributed by atoms with Crippen molar-refractivity contribution in [3.63, 3.8) is 0 Å². The van der Waals surface area contributed by atoms with Gasteiger partial charge in [-0.3, -0.25) is 14.6 Å². The number of aromatic nitrogens is 3. The van der Waals surface area contributed by atoms with Crippen molar-refractivity contribution in [1.82, 2.24) is 29.7 Å². The minimum atomic E-state index is -0.510. The zero-order valence-corrected chi connectivity index (χ0v) is 30.5. The maximum atomic E-state index is 12.3. The fourth-order valence-corrected chi connectivity index (χ4v) is 5.47. The molecule has 1 aromatic carbocycles. The molecule has 1 aliphatic heterocycles. The number of esters is 1. The molecule has 12 nitrogen and oxygen atoms in total. The highest BCUT2D eigenvalue weighted by atomic mass is 16.6. The van der Waals surface area contributed by atoms with Crippen LogP contribution in [0.15, 0.2) is 54.9 Å². The first kappa shape index (κ1) is 37.5. The van der Waals surface area contributed by atoms with E-state index in [1.807, 2.05) is 85.1 Å².